The third-order valence-corrected chi connectivity index (χ3v) is 4.15. The number of carbonyl (C=O) groups excluding carboxylic acids is 1. The van der Waals surface area contributed by atoms with Crippen LogP contribution < -0.4 is 16.2 Å². The van der Waals surface area contributed by atoms with Crippen molar-refractivity contribution in [2.45, 2.75) is 25.7 Å². The number of carbonyl (C=O) groups is 1. The first-order chi connectivity index (χ1) is 11.7. The van der Waals surface area contributed by atoms with E-state index in [4.69, 9.17) is 0 Å². The lowest BCUT2D eigenvalue weighted by Crippen LogP contribution is -2.29. The van der Waals surface area contributed by atoms with Crippen LogP contribution in [0.3, 0.4) is 0 Å². The Labute approximate surface area is 152 Å². The van der Waals surface area contributed by atoms with Crippen molar-refractivity contribution < 1.29 is 4.79 Å². The van der Waals surface area contributed by atoms with Crippen LogP contribution in [0.2, 0.25) is 0 Å². The highest BCUT2D eigenvalue weighted by atomic mass is 35.5. The van der Waals surface area contributed by atoms with Gasteiger partial charge in [-0.3, -0.25) is 9.59 Å². The summed E-state index contributed by atoms with van der Waals surface area (Å²) < 4.78 is 0. The highest BCUT2D eigenvalue weighted by Gasteiger charge is 2.07. The van der Waals surface area contributed by atoms with E-state index in [0.717, 1.165) is 19.5 Å². The van der Waals surface area contributed by atoms with Crippen molar-refractivity contribution in [3.8, 4) is 0 Å². The van der Waals surface area contributed by atoms with Crippen LogP contribution >= 0.6 is 12.4 Å². The largest absolute Gasteiger partial charge is 0.352 e. The van der Waals surface area contributed by atoms with E-state index >= 15 is 0 Å². The molecule has 1 aromatic carbocycles. The Kier molecular flexibility index (Phi) is 7.16. The molecule has 3 N–H and O–H groups in total. The van der Waals surface area contributed by atoms with Gasteiger partial charge in [0.25, 0.3) is 5.56 Å². The number of aromatic amines is 1. The number of amides is 1. The molecule has 1 amide bonds. The SMILES string of the molecule is Cl.O=C(CCCc1nc2ccccc2c(=O)[nH]1)NCC1=CCNCC1. The molecule has 0 fully saturated rings. The van der Waals surface area contributed by atoms with Crippen LogP contribution in [0.5, 0.6) is 0 Å². The van der Waals surface area contributed by atoms with Crippen LogP contribution in [0.4, 0.5) is 0 Å². The molecule has 0 saturated heterocycles. The number of benzene rings is 1. The van der Waals surface area contributed by atoms with Crippen molar-refractivity contribution in [2.75, 3.05) is 19.6 Å². The third-order valence-electron chi connectivity index (χ3n) is 4.15. The maximum atomic E-state index is 12.0. The molecule has 1 aliphatic rings. The molecule has 0 unspecified atom stereocenters. The van der Waals surface area contributed by atoms with Gasteiger partial charge in [-0.2, -0.15) is 0 Å². The van der Waals surface area contributed by atoms with Crippen molar-refractivity contribution in [1.29, 1.82) is 0 Å². The number of H-pyrrole nitrogens is 1. The third kappa shape index (κ3) is 5.41. The summed E-state index contributed by atoms with van der Waals surface area (Å²) in [7, 11) is 0. The molecule has 7 heteroatoms. The molecule has 1 aromatic heterocycles. The van der Waals surface area contributed by atoms with E-state index in [9.17, 15) is 9.59 Å². The van der Waals surface area contributed by atoms with Crippen LogP contribution in [-0.4, -0.2) is 35.5 Å². The van der Waals surface area contributed by atoms with E-state index in [1.54, 1.807) is 6.07 Å². The molecule has 0 spiro atoms. The molecule has 6 nitrogen and oxygen atoms in total. The maximum absolute atomic E-state index is 12.0. The Hall–Kier alpha value is -2.18. The van der Waals surface area contributed by atoms with Crippen LogP contribution in [-0.2, 0) is 11.2 Å². The first kappa shape index (κ1) is 19.1. The van der Waals surface area contributed by atoms with Crippen LogP contribution in [0.15, 0.2) is 40.7 Å². The summed E-state index contributed by atoms with van der Waals surface area (Å²) >= 11 is 0. The molecule has 2 heterocycles. The lowest BCUT2D eigenvalue weighted by Gasteiger charge is -2.14. The highest BCUT2D eigenvalue weighted by Crippen LogP contribution is 2.07. The molecular weight excluding hydrogens is 340 g/mol. The number of aryl methyl sites for hydroxylation is 1. The number of hydrogen-bond donors (Lipinski definition) is 3. The zero-order valence-corrected chi connectivity index (χ0v) is 14.8. The van der Waals surface area contributed by atoms with Gasteiger partial charge in [-0.15, -0.1) is 12.4 Å². The molecular formula is C18H23ClN4O2. The van der Waals surface area contributed by atoms with Gasteiger partial charge in [0.1, 0.15) is 5.82 Å². The average Bonchev–Trinajstić information content (AvgIpc) is 2.61. The maximum Gasteiger partial charge on any atom is 0.258 e. The fourth-order valence-corrected chi connectivity index (χ4v) is 2.80. The molecule has 134 valence electrons. The zero-order chi connectivity index (χ0) is 16.8. The summed E-state index contributed by atoms with van der Waals surface area (Å²) in [6, 6.07) is 7.27. The minimum Gasteiger partial charge on any atom is -0.352 e. The van der Waals surface area contributed by atoms with Crippen molar-refractivity contribution in [1.82, 2.24) is 20.6 Å². The van der Waals surface area contributed by atoms with Gasteiger partial charge in [0.15, 0.2) is 0 Å². The standard InChI is InChI=1S/C18H22N4O2.ClH/c23-17(20-12-13-8-10-19-11-9-13)7-3-6-16-21-15-5-2-1-4-14(15)18(24)22-16;/h1-2,4-5,8,19H,3,6-7,9-12H2,(H,20,23)(H,21,22,24);1H. The van der Waals surface area contributed by atoms with Crippen molar-refractivity contribution >= 4 is 29.2 Å². The van der Waals surface area contributed by atoms with Gasteiger partial charge in [0.2, 0.25) is 5.91 Å². The number of aromatic nitrogens is 2. The highest BCUT2D eigenvalue weighted by molar-refractivity contribution is 5.85. The molecule has 2 aromatic rings. The minimum absolute atomic E-state index is 0. The monoisotopic (exact) mass is 362 g/mol. The summed E-state index contributed by atoms with van der Waals surface area (Å²) in [6.07, 6.45) is 4.80. The Bertz CT molecular complexity index is 816. The number of halogens is 1. The molecule has 0 radical (unpaired) electrons. The van der Waals surface area contributed by atoms with E-state index in [-0.39, 0.29) is 23.9 Å². The number of rotatable bonds is 6. The van der Waals surface area contributed by atoms with E-state index < -0.39 is 0 Å². The van der Waals surface area contributed by atoms with Crippen molar-refractivity contribution in [2.24, 2.45) is 0 Å². The minimum atomic E-state index is -0.127. The Morgan fingerprint density at radius 1 is 1.28 bits per heavy atom. The van der Waals surface area contributed by atoms with E-state index in [1.807, 2.05) is 18.2 Å². The van der Waals surface area contributed by atoms with E-state index in [0.29, 0.717) is 42.5 Å². The lowest BCUT2D eigenvalue weighted by molar-refractivity contribution is -0.121. The number of para-hydroxylation sites is 1. The van der Waals surface area contributed by atoms with Crippen LogP contribution in [0.1, 0.15) is 25.1 Å². The van der Waals surface area contributed by atoms with Gasteiger partial charge in [-0.25, -0.2) is 4.98 Å². The molecule has 0 saturated carbocycles. The van der Waals surface area contributed by atoms with Gasteiger partial charge < -0.3 is 15.6 Å². The molecule has 0 aliphatic carbocycles. The second-order valence-corrected chi connectivity index (χ2v) is 5.98. The van der Waals surface area contributed by atoms with Gasteiger partial charge in [-0.05, 0) is 31.5 Å². The number of hydrogen-bond acceptors (Lipinski definition) is 4. The predicted octanol–water partition coefficient (Wildman–Crippen LogP) is 1.70. The summed E-state index contributed by atoms with van der Waals surface area (Å²) in [5.74, 6) is 0.671. The first-order valence-electron chi connectivity index (χ1n) is 8.35. The van der Waals surface area contributed by atoms with E-state index in [1.165, 1.54) is 5.57 Å². The van der Waals surface area contributed by atoms with Gasteiger partial charge >= 0.3 is 0 Å². The predicted molar refractivity (Wildman–Crippen MR) is 101 cm³/mol. The zero-order valence-electron chi connectivity index (χ0n) is 14.0. The number of nitrogens with zero attached hydrogens (tertiary/aromatic N) is 1. The second kappa shape index (κ2) is 9.34. The molecule has 25 heavy (non-hydrogen) atoms. The number of fused-ring (bicyclic) bond motifs is 1. The number of nitrogens with one attached hydrogen (secondary N) is 3. The topological polar surface area (TPSA) is 86.9 Å². The summed E-state index contributed by atoms with van der Waals surface area (Å²) in [5, 5.41) is 6.79. The first-order valence-corrected chi connectivity index (χ1v) is 8.35. The molecule has 1 aliphatic heterocycles. The fourth-order valence-electron chi connectivity index (χ4n) is 2.80. The Balaban J connectivity index is 0.00000225. The lowest BCUT2D eigenvalue weighted by atomic mass is 10.1. The Morgan fingerprint density at radius 3 is 2.92 bits per heavy atom. The second-order valence-electron chi connectivity index (χ2n) is 5.98. The van der Waals surface area contributed by atoms with Crippen molar-refractivity contribution in [3.05, 3.63) is 52.1 Å². The summed E-state index contributed by atoms with van der Waals surface area (Å²) in [5.41, 5.74) is 1.85. The van der Waals surface area contributed by atoms with Gasteiger partial charge in [-0.1, -0.05) is 23.8 Å². The van der Waals surface area contributed by atoms with E-state index in [2.05, 4.69) is 26.7 Å². The smallest absolute Gasteiger partial charge is 0.258 e. The Morgan fingerprint density at radius 2 is 2.12 bits per heavy atom. The summed E-state index contributed by atoms with van der Waals surface area (Å²) in [4.78, 5) is 31.1. The van der Waals surface area contributed by atoms with Crippen LogP contribution in [0.25, 0.3) is 10.9 Å². The molecule has 0 bridgehead atoms. The molecule has 0 atom stereocenters. The van der Waals surface area contributed by atoms with Gasteiger partial charge in [0, 0.05) is 25.9 Å². The van der Waals surface area contributed by atoms with Crippen molar-refractivity contribution in [3.63, 3.8) is 0 Å². The average molecular weight is 363 g/mol. The summed E-state index contributed by atoms with van der Waals surface area (Å²) in [6.45, 7) is 2.49. The van der Waals surface area contributed by atoms with Gasteiger partial charge in [0.05, 0.1) is 10.9 Å². The fraction of sp³-hybridized carbons (Fsp3) is 0.389. The van der Waals surface area contributed by atoms with Crippen LogP contribution in [0, 0.1) is 0 Å². The molecule has 3 rings (SSSR count). The quantitative estimate of drug-likeness (QED) is 0.683. The normalized spacial score (nSPS) is 13.8.